The molecule has 0 aliphatic heterocycles. The summed E-state index contributed by atoms with van der Waals surface area (Å²) in [6.07, 6.45) is 75.4. The summed E-state index contributed by atoms with van der Waals surface area (Å²) in [5.74, 6) is -0.829. The predicted molar refractivity (Wildman–Crippen MR) is 333 cm³/mol. The maximum atomic E-state index is 12.8. The molecule has 10 heteroatoms. The van der Waals surface area contributed by atoms with Crippen molar-refractivity contribution < 1.29 is 42.1 Å². The molecule has 0 spiro atoms. The third-order valence-electron chi connectivity index (χ3n) is 15.1. The number of phosphoric ester groups is 1. The number of rotatable bonds is 63. The Bertz CT molecular complexity index is 1410. The Morgan fingerprint density at radius 3 is 1.04 bits per heavy atom. The Labute approximate surface area is 484 Å². The molecule has 0 N–H and O–H groups in total. The van der Waals surface area contributed by atoms with E-state index in [1.807, 2.05) is 21.1 Å². The summed E-state index contributed by atoms with van der Waals surface area (Å²) < 4.78 is 34.2. The monoisotopic (exact) mass is 1120 g/mol. The van der Waals surface area contributed by atoms with Gasteiger partial charge in [0.25, 0.3) is 7.82 Å². The molecule has 0 aromatic rings. The van der Waals surface area contributed by atoms with Gasteiger partial charge in [-0.1, -0.05) is 288 Å². The third-order valence-corrected chi connectivity index (χ3v) is 16.1. The van der Waals surface area contributed by atoms with Crippen molar-refractivity contribution in [1.82, 2.24) is 0 Å². The fourth-order valence-corrected chi connectivity index (χ4v) is 10.6. The highest BCUT2D eigenvalue weighted by Gasteiger charge is 2.22. The van der Waals surface area contributed by atoms with Crippen LogP contribution in [0, 0.1) is 0 Å². The van der Waals surface area contributed by atoms with E-state index < -0.39 is 26.5 Å². The molecule has 0 rings (SSSR count). The quantitative estimate of drug-likeness (QED) is 0.0195. The van der Waals surface area contributed by atoms with Crippen LogP contribution in [-0.4, -0.2) is 70.0 Å². The lowest BCUT2D eigenvalue weighted by atomic mass is 10.0. The number of hydrogen-bond acceptors (Lipinski definition) is 8. The van der Waals surface area contributed by atoms with E-state index in [9.17, 15) is 19.0 Å². The van der Waals surface area contributed by atoms with Gasteiger partial charge in [0, 0.05) is 12.8 Å². The molecule has 0 bridgehead atoms. The number of nitrogens with zero attached hydrogens (tertiary/aromatic N) is 1. The summed E-state index contributed by atoms with van der Waals surface area (Å²) in [5, 5.41) is 0. The van der Waals surface area contributed by atoms with E-state index in [2.05, 4.69) is 50.3 Å². The first-order valence-electron chi connectivity index (χ1n) is 33.7. The maximum absolute atomic E-state index is 12.8. The number of unbranched alkanes of at least 4 members (excludes halogenated alkanes) is 43. The standard InChI is InChI=1S/C68H130NO8P/c1-6-8-10-12-14-16-18-20-21-22-23-24-25-26-27-28-29-30-31-32-33-34-35-36-37-38-39-40-41-42-43-44-45-46-47-49-51-53-55-57-59-61-68(71)77-66(65-76-78(72,73)75-63-62-69(3,4)5)64-74-67(70)60-58-56-54-52-50-48-19-17-15-13-11-9-7-2/h17-20,22-23,66H,6-16,21,24-65H2,1-5H3/b19-17-,20-18-,23-22-. The number of esters is 2. The summed E-state index contributed by atoms with van der Waals surface area (Å²) in [4.78, 5) is 37.8. The molecule has 0 aromatic carbocycles. The zero-order chi connectivity index (χ0) is 57.0. The van der Waals surface area contributed by atoms with E-state index >= 15 is 0 Å². The van der Waals surface area contributed by atoms with Crippen LogP contribution >= 0.6 is 7.82 Å². The Kier molecular flexibility index (Phi) is 58.5. The molecule has 2 unspecified atom stereocenters. The van der Waals surface area contributed by atoms with Crippen LogP contribution in [0.4, 0.5) is 0 Å². The lowest BCUT2D eigenvalue weighted by molar-refractivity contribution is -0.870. The molecule has 0 aliphatic rings. The maximum Gasteiger partial charge on any atom is 0.306 e. The largest absolute Gasteiger partial charge is 0.756 e. The minimum absolute atomic E-state index is 0.0296. The van der Waals surface area contributed by atoms with E-state index in [0.29, 0.717) is 17.4 Å². The van der Waals surface area contributed by atoms with Crippen molar-refractivity contribution in [2.24, 2.45) is 0 Å². The number of allylic oxidation sites excluding steroid dienone is 6. The van der Waals surface area contributed by atoms with Gasteiger partial charge < -0.3 is 27.9 Å². The van der Waals surface area contributed by atoms with Gasteiger partial charge >= 0.3 is 11.9 Å². The molecule has 0 heterocycles. The predicted octanol–water partition coefficient (Wildman–Crippen LogP) is 20.9. The second kappa shape index (κ2) is 59.8. The topological polar surface area (TPSA) is 111 Å². The normalized spacial score (nSPS) is 13.4. The van der Waals surface area contributed by atoms with Crippen LogP contribution in [0.25, 0.3) is 0 Å². The van der Waals surface area contributed by atoms with E-state index in [-0.39, 0.29) is 32.0 Å². The van der Waals surface area contributed by atoms with Gasteiger partial charge in [-0.15, -0.1) is 0 Å². The summed E-state index contributed by atoms with van der Waals surface area (Å²) >= 11 is 0. The summed E-state index contributed by atoms with van der Waals surface area (Å²) in [5.41, 5.74) is 0. The molecule has 0 aliphatic carbocycles. The Balaban J connectivity index is 3.82. The zero-order valence-electron chi connectivity index (χ0n) is 52.4. The molecule has 9 nitrogen and oxygen atoms in total. The van der Waals surface area contributed by atoms with Crippen LogP contribution in [0.2, 0.25) is 0 Å². The zero-order valence-corrected chi connectivity index (χ0v) is 53.3. The molecule has 460 valence electrons. The Morgan fingerprint density at radius 2 is 0.692 bits per heavy atom. The van der Waals surface area contributed by atoms with Crippen LogP contribution in [0.5, 0.6) is 0 Å². The highest BCUT2D eigenvalue weighted by molar-refractivity contribution is 7.45. The fraction of sp³-hybridized carbons (Fsp3) is 0.882. The second-order valence-electron chi connectivity index (χ2n) is 24.2. The van der Waals surface area contributed by atoms with Gasteiger partial charge in [-0.25, -0.2) is 0 Å². The lowest BCUT2D eigenvalue weighted by Gasteiger charge is -2.28. The van der Waals surface area contributed by atoms with Crippen LogP contribution in [0.1, 0.15) is 335 Å². The van der Waals surface area contributed by atoms with Crippen molar-refractivity contribution >= 4 is 19.8 Å². The minimum Gasteiger partial charge on any atom is -0.756 e. The molecule has 0 radical (unpaired) electrons. The fourth-order valence-electron chi connectivity index (χ4n) is 9.92. The highest BCUT2D eigenvalue weighted by atomic mass is 31.2. The van der Waals surface area contributed by atoms with Gasteiger partial charge in [-0.3, -0.25) is 14.2 Å². The van der Waals surface area contributed by atoms with Gasteiger partial charge in [0.1, 0.15) is 19.8 Å². The molecular formula is C68H130NO8P. The number of hydrogen-bond donors (Lipinski definition) is 0. The number of quaternary nitrogens is 1. The number of carbonyl (C=O) groups is 2. The van der Waals surface area contributed by atoms with Gasteiger partial charge in [0.2, 0.25) is 0 Å². The summed E-state index contributed by atoms with van der Waals surface area (Å²) in [7, 11) is 1.18. The van der Waals surface area contributed by atoms with Gasteiger partial charge in [0.15, 0.2) is 6.10 Å². The van der Waals surface area contributed by atoms with Gasteiger partial charge in [-0.2, -0.15) is 0 Å². The highest BCUT2D eigenvalue weighted by Crippen LogP contribution is 2.38. The first-order valence-corrected chi connectivity index (χ1v) is 35.2. The molecular weight excluding hydrogens is 990 g/mol. The molecule has 0 saturated heterocycles. The van der Waals surface area contributed by atoms with Crippen molar-refractivity contribution in [1.29, 1.82) is 0 Å². The number of ether oxygens (including phenoxy) is 2. The van der Waals surface area contributed by atoms with Gasteiger partial charge in [0.05, 0.1) is 27.7 Å². The van der Waals surface area contributed by atoms with Crippen LogP contribution in [0.3, 0.4) is 0 Å². The van der Waals surface area contributed by atoms with Gasteiger partial charge in [-0.05, 0) is 70.6 Å². The number of carbonyl (C=O) groups excluding carboxylic acids is 2. The third kappa shape index (κ3) is 63.4. The smallest absolute Gasteiger partial charge is 0.306 e. The van der Waals surface area contributed by atoms with Crippen LogP contribution in [0.15, 0.2) is 36.5 Å². The minimum atomic E-state index is -4.63. The lowest BCUT2D eigenvalue weighted by Crippen LogP contribution is -2.37. The molecule has 0 amide bonds. The van der Waals surface area contributed by atoms with Crippen molar-refractivity contribution in [2.75, 3.05) is 47.5 Å². The molecule has 0 aromatic heterocycles. The summed E-state index contributed by atoms with van der Waals surface area (Å²) in [6.45, 7) is 4.24. The Morgan fingerprint density at radius 1 is 0.397 bits per heavy atom. The molecule has 0 fully saturated rings. The molecule has 78 heavy (non-hydrogen) atoms. The van der Waals surface area contributed by atoms with Crippen molar-refractivity contribution in [3.63, 3.8) is 0 Å². The SMILES string of the molecule is CCCCCC/C=C\CCCCCCCC(=O)OCC(COP(=O)([O-])OCC[N+](C)(C)C)OC(=O)CCCCCCCCCCCCCCCCCCCCCCCCCCCCCCC/C=C\C/C=C\CCCCCCC. The van der Waals surface area contributed by atoms with Crippen molar-refractivity contribution in [3.8, 4) is 0 Å². The average molecular weight is 1120 g/mol. The first-order chi connectivity index (χ1) is 38.0. The second-order valence-corrected chi connectivity index (χ2v) is 25.6. The van der Waals surface area contributed by atoms with Crippen molar-refractivity contribution in [3.05, 3.63) is 36.5 Å². The Hall–Kier alpha value is -1.77. The average Bonchev–Trinajstić information content (AvgIpc) is 3.40. The van der Waals surface area contributed by atoms with E-state index in [1.54, 1.807) is 0 Å². The van der Waals surface area contributed by atoms with Crippen LogP contribution < -0.4 is 4.89 Å². The molecule has 0 saturated carbocycles. The van der Waals surface area contributed by atoms with E-state index in [0.717, 1.165) is 57.8 Å². The van der Waals surface area contributed by atoms with Crippen LogP contribution in [-0.2, 0) is 32.7 Å². The van der Waals surface area contributed by atoms with Crippen molar-refractivity contribution in [2.45, 2.75) is 341 Å². The number of phosphoric acid groups is 1. The number of likely N-dealkylation sites (N-methyl/N-ethyl adjacent to an activating group) is 1. The van der Waals surface area contributed by atoms with E-state index in [4.69, 9.17) is 18.5 Å². The molecule has 2 atom stereocenters. The first kappa shape index (κ1) is 76.2. The van der Waals surface area contributed by atoms with E-state index in [1.165, 1.54) is 244 Å². The summed E-state index contributed by atoms with van der Waals surface area (Å²) in [6, 6.07) is 0.